The van der Waals surface area contributed by atoms with Crippen molar-refractivity contribution >= 4 is 11.9 Å². The summed E-state index contributed by atoms with van der Waals surface area (Å²) < 4.78 is 0. The average Bonchev–Trinajstić information content (AvgIpc) is 2.29. The van der Waals surface area contributed by atoms with Gasteiger partial charge >= 0.3 is 11.9 Å². The second-order valence-electron chi connectivity index (χ2n) is 3.61. The fourth-order valence-corrected chi connectivity index (χ4v) is 1.46. The molecule has 0 amide bonds. The SMILES string of the molecule is O=C(O)C(=CCCCc1ccccc1)C(=O)O. The lowest BCUT2D eigenvalue weighted by molar-refractivity contribution is -0.140. The van der Waals surface area contributed by atoms with Crippen LogP contribution in [0.3, 0.4) is 0 Å². The van der Waals surface area contributed by atoms with Crippen molar-refractivity contribution in [1.82, 2.24) is 0 Å². The summed E-state index contributed by atoms with van der Waals surface area (Å²) >= 11 is 0. The third-order valence-corrected chi connectivity index (χ3v) is 2.32. The molecule has 0 aromatic heterocycles. The van der Waals surface area contributed by atoms with E-state index in [1.165, 1.54) is 6.08 Å². The van der Waals surface area contributed by atoms with Crippen LogP contribution in [-0.2, 0) is 16.0 Å². The van der Waals surface area contributed by atoms with Gasteiger partial charge in [-0.1, -0.05) is 36.4 Å². The van der Waals surface area contributed by atoms with Crippen LogP contribution in [0.25, 0.3) is 0 Å². The second-order valence-corrected chi connectivity index (χ2v) is 3.61. The summed E-state index contributed by atoms with van der Waals surface area (Å²) in [6, 6.07) is 9.77. The fourth-order valence-electron chi connectivity index (χ4n) is 1.46. The van der Waals surface area contributed by atoms with Gasteiger partial charge in [-0.2, -0.15) is 0 Å². The first-order valence-corrected chi connectivity index (χ1v) is 5.32. The molecule has 1 aromatic carbocycles. The van der Waals surface area contributed by atoms with Crippen molar-refractivity contribution in [3.8, 4) is 0 Å². The molecule has 0 radical (unpaired) electrons. The zero-order chi connectivity index (χ0) is 12.7. The van der Waals surface area contributed by atoms with Crippen molar-refractivity contribution in [1.29, 1.82) is 0 Å². The number of unbranched alkanes of at least 4 members (excludes halogenated alkanes) is 1. The van der Waals surface area contributed by atoms with Crippen LogP contribution in [0.5, 0.6) is 0 Å². The Balaban J connectivity index is 2.44. The summed E-state index contributed by atoms with van der Waals surface area (Å²) in [4.78, 5) is 21.1. The molecule has 0 aliphatic rings. The van der Waals surface area contributed by atoms with Gasteiger partial charge in [-0.05, 0) is 24.8 Å². The highest BCUT2D eigenvalue weighted by Gasteiger charge is 2.14. The van der Waals surface area contributed by atoms with Crippen LogP contribution < -0.4 is 0 Å². The summed E-state index contributed by atoms with van der Waals surface area (Å²) in [6.45, 7) is 0. The highest BCUT2D eigenvalue weighted by Crippen LogP contribution is 2.06. The summed E-state index contributed by atoms with van der Waals surface area (Å²) in [5, 5.41) is 17.2. The number of aliphatic carboxylic acids is 2. The molecule has 0 aliphatic carbocycles. The predicted molar refractivity (Wildman–Crippen MR) is 62.7 cm³/mol. The molecule has 2 N–H and O–H groups in total. The normalized spacial score (nSPS) is 9.65. The number of hydrogen-bond donors (Lipinski definition) is 2. The van der Waals surface area contributed by atoms with E-state index in [4.69, 9.17) is 10.2 Å². The van der Waals surface area contributed by atoms with Gasteiger partial charge in [0, 0.05) is 0 Å². The molecule has 0 fully saturated rings. The van der Waals surface area contributed by atoms with Gasteiger partial charge < -0.3 is 10.2 Å². The number of rotatable bonds is 6. The van der Waals surface area contributed by atoms with Crippen LogP contribution in [0.15, 0.2) is 42.0 Å². The third kappa shape index (κ3) is 4.51. The van der Waals surface area contributed by atoms with Gasteiger partial charge in [-0.15, -0.1) is 0 Å². The zero-order valence-electron chi connectivity index (χ0n) is 9.30. The maximum Gasteiger partial charge on any atom is 0.342 e. The molecule has 4 heteroatoms. The van der Waals surface area contributed by atoms with Gasteiger partial charge in [-0.3, -0.25) is 0 Å². The first-order chi connectivity index (χ1) is 8.11. The van der Waals surface area contributed by atoms with Crippen molar-refractivity contribution in [2.24, 2.45) is 0 Å². The summed E-state index contributed by atoms with van der Waals surface area (Å²) in [6.07, 6.45) is 3.24. The predicted octanol–water partition coefficient (Wildman–Crippen LogP) is 2.10. The van der Waals surface area contributed by atoms with Crippen LogP contribution >= 0.6 is 0 Å². The van der Waals surface area contributed by atoms with Crippen molar-refractivity contribution < 1.29 is 19.8 Å². The molecular formula is C13H14O4. The van der Waals surface area contributed by atoms with Gasteiger partial charge in [0.25, 0.3) is 0 Å². The van der Waals surface area contributed by atoms with Crippen molar-refractivity contribution in [2.75, 3.05) is 0 Å². The van der Waals surface area contributed by atoms with Gasteiger partial charge in [0.1, 0.15) is 5.57 Å². The molecule has 0 saturated carbocycles. The summed E-state index contributed by atoms with van der Waals surface area (Å²) in [5.74, 6) is -2.78. The van der Waals surface area contributed by atoms with Gasteiger partial charge in [-0.25, -0.2) is 9.59 Å². The number of benzene rings is 1. The minimum absolute atomic E-state index is 0.447. The maximum atomic E-state index is 10.6. The Hall–Kier alpha value is -2.10. The second kappa shape index (κ2) is 6.48. The first-order valence-electron chi connectivity index (χ1n) is 5.32. The molecule has 4 nitrogen and oxygen atoms in total. The van der Waals surface area contributed by atoms with Crippen molar-refractivity contribution in [2.45, 2.75) is 19.3 Å². The number of carboxylic acids is 2. The molecule has 0 unspecified atom stereocenters. The fraction of sp³-hybridized carbons (Fsp3) is 0.231. The van der Waals surface area contributed by atoms with Gasteiger partial charge in [0.2, 0.25) is 0 Å². The average molecular weight is 234 g/mol. The van der Waals surface area contributed by atoms with E-state index in [0.29, 0.717) is 6.42 Å². The highest BCUT2D eigenvalue weighted by atomic mass is 16.4. The number of allylic oxidation sites excluding steroid dienone is 1. The summed E-state index contributed by atoms with van der Waals surface area (Å²) in [5.41, 5.74) is 0.603. The Bertz CT molecular complexity index is 404. The third-order valence-electron chi connectivity index (χ3n) is 2.32. The Labute approximate surface area is 99.2 Å². The molecule has 0 spiro atoms. The quantitative estimate of drug-likeness (QED) is 0.342. The number of aryl methyl sites for hydroxylation is 1. The van der Waals surface area contributed by atoms with Crippen LogP contribution in [-0.4, -0.2) is 22.2 Å². The maximum absolute atomic E-state index is 10.6. The molecular weight excluding hydrogens is 220 g/mol. The zero-order valence-corrected chi connectivity index (χ0v) is 9.30. The Morgan fingerprint density at radius 1 is 1.06 bits per heavy atom. The lowest BCUT2D eigenvalue weighted by Crippen LogP contribution is -2.11. The lowest BCUT2D eigenvalue weighted by atomic mass is 10.1. The standard InChI is InChI=1S/C13H14O4/c14-12(15)11(13(16)17)9-5-4-8-10-6-2-1-3-7-10/h1-3,6-7,9H,4-5,8H2,(H,14,15)(H,16,17). The monoisotopic (exact) mass is 234 g/mol. The molecule has 17 heavy (non-hydrogen) atoms. The lowest BCUT2D eigenvalue weighted by Gasteiger charge is -1.99. The number of hydrogen-bond acceptors (Lipinski definition) is 2. The molecule has 1 aromatic rings. The van der Waals surface area contributed by atoms with E-state index in [1.807, 2.05) is 30.3 Å². The van der Waals surface area contributed by atoms with Crippen LogP contribution in [0, 0.1) is 0 Å². The van der Waals surface area contributed by atoms with Crippen LogP contribution in [0.2, 0.25) is 0 Å². The molecule has 0 heterocycles. The van der Waals surface area contributed by atoms with Crippen molar-refractivity contribution in [3.05, 3.63) is 47.5 Å². The first kappa shape index (κ1) is 13.0. The van der Waals surface area contributed by atoms with E-state index in [-0.39, 0.29) is 0 Å². The molecule has 0 bridgehead atoms. The largest absolute Gasteiger partial charge is 0.477 e. The molecule has 0 saturated heterocycles. The minimum atomic E-state index is -1.39. The van der Waals surface area contributed by atoms with E-state index < -0.39 is 17.5 Å². The van der Waals surface area contributed by atoms with E-state index >= 15 is 0 Å². The smallest absolute Gasteiger partial charge is 0.342 e. The van der Waals surface area contributed by atoms with E-state index in [2.05, 4.69) is 0 Å². The topological polar surface area (TPSA) is 74.6 Å². The number of carboxylic acid groups (broad SMARTS) is 2. The Morgan fingerprint density at radius 2 is 1.65 bits per heavy atom. The highest BCUT2D eigenvalue weighted by molar-refractivity contribution is 6.12. The van der Waals surface area contributed by atoms with Crippen LogP contribution in [0.1, 0.15) is 18.4 Å². The minimum Gasteiger partial charge on any atom is -0.477 e. The Kier molecular flexibility index (Phi) is 4.94. The molecule has 1 rings (SSSR count). The van der Waals surface area contributed by atoms with E-state index in [0.717, 1.165) is 18.4 Å². The van der Waals surface area contributed by atoms with Crippen molar-refractivity contribution in [3.63, 3.8) is 0 Å². The molecule has 90 valence electrons. The van der Waals surface area contributed by atoms with E-state index in [9.17, 15) is 9.59 Å². The molecule has 0 aliphatic heterocycles. The van der Waals surface area contributed by atoms with Gasteiger partial charge in [0.15, 0.2) is 0 Å². The van der Waals surface area contributed by atoms with Gasteiger partial charge in [0.05, 0.1) is 0 Å². The van der Waals surface area contributed by atoms with E-state index in [1.54, 1.807) is 0 Å². The number of carbonyl (C=O) groups is 2. The molecule has 0 atom stereocenters. The Morgan fingerprint density at radius 3 is 2.18 bits per heavy atom. The van der Waals surface area contributed by atoms with Crippen LogP contribution in [0.4, 0.5) is 0 Å². The summed E-state index contributed by atoms with van der Waals surface area (Å²) in [7, 11) is 0.